The molecule has 14 heavy (non-hydrogen) atoms. The minimum absolute atomic E-state index is 0.515. The van der Waals surface area contributed by atoms with Crippen LogP contribution in [0.1, 0.15) is 0 Å². The second kappa shape index (κ2) is 3.72. The molecule has 0 atom stereocenters. The zero-order valence-electron chi connectivity index (χ0n) is 7.55. The molecule has 2 aromatic rings. The van der Waals surface area contributed by atoms with E-state index in [9.17, 15) is 0 Å². The van der Waals surface area contributed by atoms with Gasteiger partial charge in [-0.25, -0.2) is 4.98 Å². The van der Waals surface area contributed by atoms with Crippen molar-refractivity contribution in [3.63, 3.8) is 0 Å². The van der Waals surface area contributed by atoms with E-state index >= 15 is 0 Å². The highest BCUT2D eigenvalue weighted by molar-refractivity contribution is 6.29. The van der Waals surface area contributed by atoms with Gasteiger partial charge in [0.25, 0.3) is 0 Å². The molecule has 0 aliphatic rings. The van der Waals surface area contributed by atoms with E-state index in [1.165, 1.54) is 0 Å². The van der Waals surface area contributed by atoms with Crippen LogP contribution >= 0.6 is 11.6 Å². The molecule has 0 saturated heterocycles. The van der Waals surface area contributed by atoms with E-state index in [1.54, 1.807) is 0 Å². The third-order valence-electron chi connectivity index (χ3n) is 1.84. The number of H-pyrrole nitrogens is 1. The summed E-state index contributed by atoms with van der Waals surface area (Å²) >= 11 is 5.63. The Labute approximate surface area is 86.8 Å². The van der Waals surface area contributed by atoms with Gasteiger partial charge in [0.2, 0.25) is 5.95 Å². The zero-order valence-corrected chi connectivity index (χ0v) is 8.30. The monoisotopic (exact) mass is 207 g/mol. The minimum Gasteiger partial charge on any atom is -0.351 e. The molecule has 0 bridgehead atoms. The Bertz CT molecular complexity index is 428. The first kappa shape index (κ1) is 9.09. The quantitative estimate of drug-likeness (QED) is 0.813. The summed E-state index contributed by atoms with van der Waals surface area (Å²) in [6.07, 6.45) is 0. The molecule has 0 fully saturated rings. The number of fused-ring (bicyclic) bond motifs is 1. The van der Waals surface area contributed by atoms with E-state index in [0.717, 1.165) is 11.0 Å². The topological polar surface area (TPSA) is 40.7 Å². The molecule has 0 amide bonds. The maximum absolute atomic E-state index is 5.63. The fraction of sp³-hybridized carbons (Fsp3) is 0.100. The van der Waals surface area contributed by atoms with Crippen molar-refractivity contribution in [2.45, 2.75) is 0 Å². The second-order valence-electron chi connectivity index (χ2n) is 2.97. The predicted octanol–water partition coefficient (Wildman–Crippen LogP) is 2.73. The number of para-hydroxylation sites is 2. The molecule has 0 aliphatic heterocycles. The van der Waals surface area contributed by atoms with Crippen molar-refractivity contribution in [3.8, 4) is 0 Å². The molecule has 0 spiro atoms. The molecule has 0 unspecified atom stereocenters. The molecule has 0 radical (unpaired) electrons. The van der Waals surface area contributed by atoms with Crippen LogP contribution in [0.2, 0.25) is 0 Å². The van der Waals surface area contributed by atoms with Gasteiger partial charge in [0.15, 0.2) is 0 Å². The molecule has 2 N–H and O–H groups in total. The lowest BCUT2D eigenvalue weighted by atomic mass is 10.3. The third-order valence-corrected chi connectivity index (χ3v) is 1.97. The fourth-order valence-electron chi connectivity index (χ4n) is 1.22. The van der Waals surface area contributed by atoms with Gasteiger partial charge in [-0.3, -0.25) is 0 Å². The average Bonchev–Trinajstić information content (AvgIpc) is 2.57. The molecule has 4 heteroatoms. The molecule has 1 aromatic heterocycles. The summed E-state index contributed by atoms with van der Waals surface area (Å²) in [6, 6.07) is 7.84. The van der Waals surface area contributed by atoms with E-state index < -0.39 is 0 Å². The van der Waals surface area contributed by atoms with Gasteiger partial charge in [0.1, 0.15) is 0 Å². The number of imidazole rings is 1. The first-order valence-corrected chi connectivity index (χ1v) is 4.65. The lowest BCUT2D eigenvalue weighted by Crippen LogP contribution is -2.01. The molecule has 2 rings (SSSR count). The number of anilines is 1. The van der Waals surface area contributed by atoms with Crippen LogP contribution in [0.15, 0.2) is 35.9 Å². The Morgan fingerprint density at radius 3 is 3.00 bits per heavy atom. The Morgan fingerprint density at radius 1 is 1.50 bits per heavy atom. The van der Waals surface area contributed by atoms with Crippen LogP contribution in [0.3, 0.4) is 0 Å². The first-order valence-electron chi connectivity index (χ1n) is 4.27. The van der Waals surface area contributed by atoms with Crippen LogP contribution in [0.25, 0.3) is 11.0 Å². The maximum atomic E-state index is 5.63. The Kier molecular flexibility index (Phi) is 2.41. The van der Waals surface area contributed by atoms with Crippen molar-refractivity contribution in [1.29, 1.82) is 0 Å². The molecule has 3 nitrogen and oxygen atoms in total. The van der Waals surface area contributed by atoms with Gasteiger partial charge in [0, 0.05) is 5.03 Å². The number of hydrogen-bond donors (Lipinski definition) is 2. The van der Waals surface area contributed by atoms with Crippen molar-refractivity contribution in [2.75, 3.05) is 11.9 Å². The lowest BCUT2D eigenvalue weighted by Gasteiger charge is -1.98. The summed E-state index contributed by atoms with van der Waals surface area (Å²) in [5.41, 5.74) is 1.95. The van der Waals surface area contributed by atoms with Crippen LogP contribution in [-0.2, 0) is 0 Å². The highest BCUT2D eigenvalue weighted by Crippen LogP contribution is 2.13. The summed E-state index contributed by atoms with van der Waals surface area (Å²) < 4.78 is 0. The Balaban J connectivity index is 2.22. The summed E-state index contributed by atoms with van der Waals surface area (Å²) in [5, 5.41) is 3.60. The van der Waals surface area contributed by atoms with E-state index in [1.807, 2.05) is 24.3 Å². The molecule has 72 valence electrons. The SMILES string of the molecule is C=C(Cl)CNc1nc2ccccc2[nH]1. The van der Waals surface area contributed by atoms with Gasteiger partial charge in [-0.05, 0) is 12.1 Å². The van der Waals surface area contributed by atoms with Crippen molar-refractivity contribution in [2.24, 2.45) is 0 Å². The fourth-order valence-corrected chi connectivity index (χ4v) is 1.28. The largest absolute Gasteiger partial charge is 0.351 e. The van der Waals surface area contributed by atoms with Gasteiger partial charge in [-0.15, -0.1) is 0 Å². The van der Waals surface area contributed by atoms with Crippen molar-refractivity contribution in [1.82, 2.24) is 9.97 Å². The molecular weight excluding hydrogens is 198 g/mol. The zero-order chi connectivity index (χ0) is 9.97. The summed E-state index contributed by atoms with van der Waals surface area (Å²) in [7, 11) is 0. The highest BCUT2D eigenvalue weighted by Gasteiger charge is 2.00. The number of rotatable bonds is 3. The minimum atomic E-state index is 0.515. The molecule has 0 aliphatic carbocycles. The van der Waals surface area contributed by atoms with Gasteiger partial charge in [-0.1, -0.05) is 30.3 Å². The van der Waals surface area contributed by atoms with Gasteiger partial charge >= 0.3 is 0 Å². The van der Waals surface area contributed by atoms with Crippen LogP contribution in [0, 0.1) is 0 Å². The maximum Gasteiger partial charge on any atom is 0.201 e. The standard InChI is InChI=1S/C10H10ClN3/c1-7(11)6-12-10-13-8-4-2-3-5-9(8)14-10/h2-5H,1,6H2,(H2,12,13,14). The van der Waals surface area contributed by atoms with Crippen molar-refractivity contribution >= 4 is 28.6 Å². The summed E-state index contributed by atoms with van der Waals surface area (Å²) in [4.78, 5) is 7.45. The number of nitrogens with zero attached hydrogens (tertiary/aromatic N) is 1. The molecule has 1 heterocycles. The van der Waals surface area contributed by atoms with E-state index in [-0.39, 0.29) is 0 Å². The van der Waals surface area contributed by atoms with Crippen LogP contribution < -0.4 is 5.32 Å². The summed E-state index contributed by atoms with van der Waals surface area (Å²) in [5.74, 6) is 0.716. The van der Waals surface area contributed by atoms with Crippen molar-refractivity contribution in [3.05, 3.63) is 35.9 Å². The van der Waals surface area contributed by atoms with Gasteiger partial charge in [0.05, 0.1) is 17.6 Å². The molecule has 1 aromatic carbocycles. The molecule has 0 saturated carbocycles. The third kappa shape index (κ3) is 1.88. The summed E-state index contributed by atoms with van der Waals surface area (Å²) in [6.45, 7) is 4.10. The first-order chi connectivity index (χ1) is 6.75. The Hall–Kier alpha value is -1.48. The smallest absolute Gasteiger partial charge is 0.201 e. The van der Waals surface area contributed by atoms with Crippen LogP contribution in [-0.4, -0.2) is 16.5 Å². The number of aromatic nitrogens is 2. The van der Waals surface area contributed by atoms with Crippen molar-refractivity contribution < 1.29 is 0 Å². The second-order valence-corrected chi connectivity index (χ2v) is 3.51. The van der Waals surface area contributed by atoms with Crippen LogP contribution in [0.4, 0.5) is 5.95 Å². The lowest BCUT2D eigenvalue weighted by molar-refractivity contribution is 1.20. The van der Waals surface area contributed by atoms with E-state index in [4.69, 9.17) is 11.6 Å². The number of halogens is 1. The number of hydrogen-bond acceptors (Lipinski definition) is 2. The normalized spacial score (nSPS) is 10.4. The van der Waals surface area contributed by atoms with E-state index in [2.05, 4.69) is 21.9 Å². The van der Waals surface area contributed by atoms with Gasteiger partial charge < -0.3 is 10.3 Å². The van der Waals surface area contributed by atoms with Crippen LogP contribution in [0.5, 0.6) is 0 Å². The molecular formula is C10H10ClN3. The number of nitrogens with one attached hydrogen (secondary N) is 2. The average molecular weight is 208 g/mol. The number of benzene rings is 1. The van der Waals surface area contributed by atoms with Gasteiger partial charge in [-0.2, -0.15) is 0 Å². The highest BCUT2D eigenvalue weighted by atomic mass is 35.5. The Morgan fingerprint density at radius 2 is 2.29 bits per heavy atom. The number of aromatic amines is 1. The van der Waals surface area contributed by atoms with E-state index in [0.29, 0.717) is 17.5 Å². The predicted molar refractivity (Wildman–Crippen MR) is 59.6 cm³/mol.